The molecule has 0 amide bonds. The number of hydrogen-bond donors (Lipinski definition) is 2. The van der Waals surface area contributed by atoms with Gasteiger partial charge in [-0.15, -0.1) is 0 Å². The van der Waals surface area contributed by atoms with Crippen LogP contribution in [0.25, 0.3) is 0 Å². The van der Waals surface area contributed by atoms with E-state index in [1.165, 1.54) is 0 Å². The van der Waals surface area contributed by atoms with Crippen LogP contribution in [-0.2, 0) is 9.53 Å². The average Bonchev–Trinajstić information content (AvgIpc) is 2.68. The number of thiocarbonyl (C=S) groups is 1. The Morgan fingerprint density at radius 2 is 2.11 bits per heavy atom. The maximum absolute atomic E-state index is 11.5. The van der Waals surface area contributed by atoms with Crippen molar-refractivity contribution in [3.05, 3.63) is 24.3 Å². The first-order valence-electron chi connectivity index (χ1n) is 6.00. The summed E-state index contributed by atoms with van der Waals surface area (Å²) in [6.45, 7) is 1.86. The topological polar surface area (TPSA) is 59.6 Å². The van der Waals surface area contributed by atoms with Crippen molar-refractivity contribution in [2.75, 3.05) is 12.4 Å². The van der Waals surface area contributed by atoms with Crippen molar-refractivity contribution in [2.45, 2.75) is 25.5 Å². The number of esters is 1. The maximum atomic E-state index is 11.5. The Labute approximate surface area is 117 Å². The third kappa shape index (κ3) is 3.57. The molecule has 0 bridgehead atoms. The van der Waals surface area contributed by atoms with Crippen LogP contribution < -0.4 is 15.4 Å². The van der Waals surface area contributed by atoms with E-state index in [0.29, 0.717) is 11.5 Å². The van der Waals surface area contributed by atoms with E-state index >= 15 is 0 Å². The lowest BCUT2D eigenvalue weighted by molar-refractivity contribution is -0.142. The fourth-order valence-electron chi connectivity index (χ4n) is 1.87. The molecule has 0 aliphatic carbocycles. The first-order valence-corrected chi connectivity index (χ1v) is 6.41. The average molecular weight is 280 g/mol. The van der Waals surface area contributed by atoms with Gasteiger partial charge in [0.25, 0.3) is 0 Å². The lowest BCUT2D eigenvalue weighted by atomic mass is 10.2. The largest absolute Gasteiger partial charge is 0.497 e. The molecule has 0 aromatic heterocycles. The summed E-state index contributed by atoms with van der Waals surface area (Å²) < 4.78 is 10.1. The van der Waals surface area contributed by atoms with Gasteiger partial charge in [-0.3, -0.25) is 0 Å². The fraction of sp³-hybridized carbons (Fsp3) is 0.385. The van der Waals surface area contributed by atoms with E-state index in [4.69, 9.17) is 21.7 Å². The van der Waals surface area contributed by atoms with Crippen molar-refractivity contribution < 1.29 is 14.3 Å². The minimum atomic E-state index is -0.367. The van der Waals surface area contributed by atoms with Crippen LogP contribution in [-0.4, -0.2) is 30.3 Å². The highest BCUT2D eigenvalue weighted by Crippen LogP contribution is 2.16. The Morgan fingerprint density at radius 3 is 2.63 bits per heavy atom. The Morgan fingerprint density at radius 1 is 1.42 bits per heavy atom. The van der Waals surface area contributed by atoms with Gasteiger partial charge in [0.05, 0.1) is 7.11 Å². The summed E-state index contributed by atoms with van der Waals surface area (Å²) in [6, 6.07) is 6.99. The van der Waals surface area contributed by atoms with E-state index in [0.717, 1.165) is 11.4 Å². The van der Waals surface area contributed by atoms with E-state index in [1.54, 1.807) is 7.11 Å². The molecule has 1 aliphatic heterocycles. The minimum absolute atomic E-state index is 0.0613. The number of carbonyl (C=O) groups is 1. The van der Waals surface area contributed by atoms with E-state index in [1.807, 2.05) is 31.2 Å². The summed E-state index contributed by atoms with van der Waals surface area (Å²) in [5.41, 5.74) is 0.831. The number of methoxy groups -OCH3 is 1. The van der Waals surface area contributed by atoms with Crippen LogP contribution in [0.4, 0.5) is 5.69 Å². The molecule has 0 unspecified atom stereocenters. The highest BCUT2D eigenvalue weighted by molar-refractivity contribution is 7.80. The number of anilines is 1. The van der Waals surface area contributed by atoms with E-state index in [-0.39, 0.29) is 18.1 Å². The van der Waals surface area contributed by atoms with Gasteiger partial charge in [-0.05, 0) is 43.4 Å². The molecule has 1 heterocycles. The van der Waals surface area contributed by atoms with Crippen molar-refractivity contribution in [1.29, 1.82) is 0 Å². The third-order valence-electron chi connectivity index (χ3n) is 2.82. The quantitative estimate of drug-likeness (QED) is 0.649. The number of benzene rings is 1. The lowest BCUT2D eigenvalue weighted by Crippen LogP contribution is -2.40. The number of nitrogens with one attached hydrogen (secondary N) is 2. The molecule has 1 saturated heterocycles. The van der Waals surface area contributed by atoms with E-state index in [2.05, 4.69) is 10.6 Å². The molecule has 102 valence electrons. The molecule has 19 heavy (non-hydrogen) atoms. The zero-order chi connectivity index (χ0) is 13.8. The summed E-state index contributed by atoms with van der Waals surface area (Å²) >= 11 is 5.16. The van der Waals surface area contributed by atoms with E-state index < -0.39 is 0 Å². The second-order valence-electron chi connectivity index (χ2n) is 4.36. The Balaban J connectivity index is 1.88. The van der Waals surface area contributed by atoms with Crippen LogP contribution in [0.15, 0.2) is 24.3 Å². The third-order valence-corrected chi connectivity index (χ3v) is 3.04. The van der Waals surface area contributed by atoms with Gasteiger partial charge in [-0.25, -0.2) is 4.79 Å². The van der Waals surface area contributed by atoms with Crippen LogP contribution >= 0.6 is 12.2 Å². The molecule has 1 aromatic carbocycles. The van der Waals surface area contributed by atoms with Crippen molar-refractivity contribution in [1.82, 2.24) is 5.32 Å². The van der Waals surface area contributed by atoms with Crippen molar-refractivity contribution >= 4 is 29.0 Å². The molecule has 2 N–H and O–H groups in total. The monoisotopic (exact) mass is 280 g/mol. The molecular formula is C13H16N2O3S. The number of carbonyl (C=O) groups excluding carboxylic acids is 1. The van der Waals surface area contributed by atoms with Gasteiger partial charge in [0.1, 0.15) is 17.9 Å². The van der Waals surface area contributed by atoms with Gasteiger partial charge < -0.3 is 20.1 Å². The molecule has 1 aromatic rings. The molecular weight excluding hydrogens is 264 g/mol. The number of hydrogen-bond acceptors (Lipinski definition) is 4. The van der Waals surface area contributed by atoms with Crippen LogP contribution in [0.5, 0.6) is 5.75 Å². The summed E-state index contributed by atoms with van der Waals surface area (Å²) in [6.07, 6.45) is 0.567. The van der Waals surface area contributed by atoms with Crippen LogP contribution in [0.2, 0.25) is 0 Å². The predicted molar refractivity (Wildman–Crippen MR) is 76.3 cm³/mol. The Hall–Kier alpha value is -1.82. The zero-order valence-corrected chi connectivity index (χ0v) is 11.6. The lowest BCUT2D eigenvalue weighted by Gasteiger charge is -2.13. The van der Waals surface area contributed by atoms with Crippen molar-refractivity contribution in [2.24, 2.45) is 0 Å². The molecule has 6 heteroatoms. The standard InChI is InChI=1S/C13H16N2O3S/c1-8-7-11(12(16)18-8)15-13(19)14-9-3-5-10(17-2)6-4-9/h3-6,8,11H,7H2,1-2H3,(H2,14,15,19)/t8-,11+/m0/s1. The normalized spacial score (nSPS) is 21.7. The Kier molecular flexibility index (Phi) is 4.21. The second-order valence-corrected chi connectivity index (χ2v) is 4.77. The molecule has 0 spiro atoms. The molecule has 5 nitrogen and oxygen atoms in total. The van der Waals surface area contributed by atoms with Gasteiger partial charge in [0, 0.05) is 12.1 Å². The van der Waals surface area contributed by atoms with Crippen molar-refractivity contribution in [3.8, 4) is 5.75 Å². The predicted octanol–water partition coefficient (Wildman–Crippen LogP) is 1.69. The summed E-state index contributed by atoms with van der Waals surface area (Å²) in [5, 5.41) is 6.37. The van der Waals surface area contributed by atoms with Gasteiger partial charge in [0.2, 0.25) is 0 Å². The number of ether oxygens (including phenoxy) is 2. The van der Waals surface area contributed by atoms with Crippen LogP contribution in [0.3, 0.4) is 0 Å². The first kappa shape index (κ1) is 13.6. The maximum Gasteiger partial charge on any atom is 0.329 e. The number of rotatable bonds is 3. The highest BCUT2D eigenvalue weighted by atomic mass is 32.1. The molecule has 2 rings (SSSR count). The SMILES string of the molecule is COc1ccc(NC(=S)N[C@@H]2C[C@H](C)OC2=O)cc1. The van der Waals surface area contributed by atoms with Crippen LogP contribution in [0, 0.1) is 0 Å². The number of cyclic esters (lactones) is 1. The molecule has 0 saturated carbocycles. The summed E-state index contributed by atoms with van der Waals surface area (Å²) in [5.74, 6) is 0.518. The molecule has 2 atom stereocenters. The molecule has 1 aliphatic rings. The minimum Gasteiger partial charge on any atom is -0.497 e. The fourth-order valence-corrected chi connectivity index (χ4v) is 2.13. The first-order chi connectivity index (χ1) is 9.08. The van der Waals surface area contributed by atoms with Crippen LogP contribution in [0.1, 0.15) is 13.3 Å². The van der Waals surface area contributed by atoms with Gasteiger partial charge >= 0.3 is 5.97 Å². The molecule has 0 radical (unpaired) electrons. The summed E-state index contributed by atoms with van der Waals surface area (Å²) in [7, 11) is 1.61. The van der Waals surface area contributed by atoms with Gasteiger partial charge in [-0.1, -0.05) is 0 Å². The Bertz CT molecular complexity index is 475. The summed E-state index contributed by atoms with van der Waals surface area (Å²) in [4.78, 5) is 11.5. The van der Waals surface area contributed by atoms with Gasteiger partial charge in [-0.2, -0.15) is 0 Å². The van der Waals surface area contributed by atoms with E-state index in [9.17, 15) is 4.79 Å². The molecule has 1 fully saturated rings. The van der Waals surface area contributed by atoms with Gasteiger partial charge in [0.15, 0.2) is 5.11 Å². The highest BCUT2D eigenvalue weighted by Gasteiger charge is 2.32. The second kappa shape index (κ2) is 5.88. The zero-order valence-electron chi connectivity index (χ0n) is 10.8. The smallest absolute Gasteiger partial charge is 0.329 e. The van der Waals surface area contributed by atoms with Crippen molar-refractivity contribution in [3.63, 3.8) is 0 Å².